The molecule has 104 valence electrons. The van der Waals surface area contributed by atoms with E-state index in [-0.39, 0.29) is 16.5 Å². The van der Waals surface area contributed by atoms with Crippen molar-refractivity contribution in [3.63, 3.8) is 0 Å². The van der Waals surface area contributed by atoms with Gasteiger partial charge < -0.3 is 14.3 Å². The van der Waals surface area contributed by atoms with Crippen LogP contribution in [0.3, 0.4) is 0 Å². The summed E-state index contributed by atoms with van der Waals surface area (Å²) in [5.41, 5.74) is -0.107. The van der Waals surface area contributed by atoms with E-state index in [0.717, 1.165) is 11.8 Å². The minimum atomic E-state index is -1.20. The smallest absolute Gasteiger partial charge is 0.371 e. The molecule has 1 aromatic carbocycles. The number of hydrogen-bond donors (Lipinski definition) is 1. The van der Waals surface area contributed by atoms with Crippen LogP contribution in [0, 0.1) is 10.1 Å². The van der Waals surface area contributed by atoms with Crippen molar-refractivity contribution in [2.45, 2.75) is 9.99 Å². The van der Waals surface area contributed by atoms with E-state index in [9.17, 15) is 14.9 Å². The molecule has 0 spiro atoms. The number of nitro groups is 1. The molecule has 0 amide bonds. The average molecular weight is 295 g/mol. The fraction of sp³-hybridized carbons (Fsp3) is 0.0833. The molecule has 2 aromatic rings. The lowest BCUT2D eigenvalue weighted by atomic mass is 10.3. The van der Waals surface area contributed by atoms with Crippen molar-refractivity contribution in [3.05, 3.63) is 46.2 Å². The molecule has 0 saturated carbocycles. The molecule has 0 aliphatic heterocycles. The third-order valence-electron chi connectivity index (χ3n) is 2.37. The van der Waals surface area contributed by atoms with Crippen LogP contribution in [-0.2, 0) is 0 Å². The maximum atomic E-state index is 11.0. The zero-order valence-corrected chi connectivity index (χ0v) is 11.0. The van der Waals surface area contributed by atoms with Gasteiger partial charge >= 0.3 is 5.97 Å². The Bertz CT molecular complexity index is 666. The van der Waals surface area contributed by atoms with Gasteiger partial charge in [0, 0.05) is 12.1 Å². The van der Waals surface area contributed by atoms with Crippen molar-refractivity contribution in [1.29, 1.82) is 0 Å². The summed E-state index contributed by atoms with van der Waals surface area (Å²) in [4.78, 5) is 21.4. The van der Waals surface area contributed by atoms with Gasteiger partial charge in [0.05, 0.1) is 16.9 Å². The molecule has 0 atom stereocenters. The van der Waals surface area contributed by atoms with Crippen LogP contribution in [0.5, 0.6) is 5.75 Å². The summed E-state index contributed by atoms with van der Waals surface area (Å²) < 4.78 is 10.1. The normalized spacial score (nSPS) is 10.2. The molecular weight excluding hydrogens is 286 g/mol. The second-order valence-electron chi connectivity index (χ2n) is 3.62. The number of methoxy groups -OCH3 is 1. The predicted octanol–water partition coefficient (Wildman–Crippen LogP) is 3.05. The Balaban J connectivity index is 2.35. The van der Waals surface area contributed by atoms with Crippen LogP contribution in [0.2, 0.25) is 0 Å². The highest BCUT2D eigenvalue weighted by atomic mass is 32.2. The number of hydrogen-bond acceptors (Lipinski definition) is 6. The Kier molecular flexibility index (Phi) is 3.94. The molecule has 0 aliphatic rings. The first-order valence-electron chi connectivity index (χ1n) is 5.34. The van der Waals surface area contributed by atoms with Gasteiger partial charge in [-0.3, -0.25) is 10.1 Å². The van der Waals surface area contributed by atoms with Gasteiger partial charge in [0.1, 0.15) is 5.75 Å². The Morgan fingerprint density at radius 3 is 2.70 bits per heavy atom. The molecule has 1 aromatic heterocycles. The monoisotopic (exact) mass is 295 g/mol. The van der Waals surface area contributed by atoms with Gasteiger partial charge in [0.15, 0.2) is 5.09 Å². The highest BCUT2D eigenvalue weighted by Gasteiger charge is 2.18. The number of nitrogens with zero attached hydrogens (tertiary/aromatic N) is 1. The van der Waals surface area contributed by atoms with Crippen molar-refractivity contribution in [3.8, 4) is 5.75 Å². The standard InChI is InChI=1S/C12H9NO6S/c1-18-7-2-3-8(13(16)17)10(6-7)20-11-5-4-9(19-11)12(14)15/h2-6H,1H3,(H,14,15). The fourth-order valence-electron chi connectivity index (χ4n) is 1.45. The van der Waals surface area contributed by atoms with Crippen LogP contribution in [0.4, 0.5) is 5.69 Å². The van der Waals surface area contributed by atoms with Crippen LogP contribution in [-0.4, -0.2) is 23.1 Å². The van der Waals surface area contributed by atoms with E-state index in [2.05, 4.69) is 0 Å². The number of carboxylic acid groups (broad SMARTS) is 1. The summed E-state index contributed by atoms with van der Waals surface area (Å²) in [6, 6.07) is 7.02. The molecule has 2 rings (SSSR count). The van der Waals surface area contributed by atoms with Crippen molar-refractivity contribution in [1.82, 2.24) is 0 Å². The van der Waals surface area contributed by atoms with Crippen molar-refractivity contribution in [2.24, 2.45) is 0 Å². The summed E-state index contributed by atoms with van der Waals surface area (Å²) >= 11 is 0.959. The average Bonchev–Trinajstić information content (AvgIpc) is 2.87. The largest absolute Gasteiger partial charge is 0.497 e. The van der Waals surface area contributed by atoms with Crippen LogP contribution >= 0.6 is 11.8 Å². The molecule has 0 aliphatic carbocycles. The Labute approximate surface area is 117 Å². The number of carboxylic acids is 1. The Morgan fingerprint density at radius 2 is 2.15 bits per heavy atom. The number of carbonyl (C=O) groups is 1. The quantitative estimate of drug-likeness (QED) is 0.667. The predicted molar refractivity (Wildman–Crippen MR) is 69.4 cm³/mol. The lowest BCUT2D eigenvalue weighted by Crippen LogP contribution is -1.92. The Hall–Kier alpha value is -2.48. The van der Waals surface area contributed by atoms with E-state index in [4.69, 9.17) is 14.3 Å². The van der Waals surface area contributed by atoms with Crippen molar-refractivity contribution >= 4 is 23.4 Å². The third-order valence-corrected chi connectivity index (χ3v) is 3.33. The van der Waals surface area contributed by atoms with Crippen LogP contribution < -0.4 is 4.74 Å². The van der Waals surface area contributed by atoms with Crippen LogP contribution in [0.1, 0.15) is 10.6 Å². The van der Waals surface area contributed by atoms with E-state index in [0.29, 0.717) is 10.6 Å². The summed E-state index contributed by atoms with van der Waals surface area (Å²) in [5.74, 6) is -0.960. The molecule has 0 fully saturated rings. The number of benzene rings is 1. The summed E-state index contributed by atoms with van der Waals surface area (Å²) in [5, 5.41) is 20.0. The first-order valence-corrected chi connectivity index (χ1v) is 6.16. The van der Waals surface area contributed by atoms with Crippen LogP contribution in [0.15, 0.2) is 44.7 Å². The highest BCUT2D eigenvalue weighted by Crippen LogP contribution is 2.37. The lowest BCUT2D eigenvalue weighted by Gasteiger charge is -2.04. The number of rotatable bonds is 5. The molecule has 0 unspecified atom stereocenters. The molecule has 1 N–H and O–H groups in total. The van der Waals surface area contributed by atoms with Gasteiger partial charge in [0.25, 0.3) is 5.69 Å². The molecule has 0 bridgehead atoms. The van der Waals surface area contributed by atoms with Gasteiger partial charge in [-0.05, 0) is 30.0 Å². The minimum Gasteiger partial charge on any atom is -0.497 e. The molecule has 20 heavy (non-hydrogen) atoms. The molecule has 0 radical (unpaired) electrons. The van der Waals surface area contributed by atoms with Gasteiger partial charge in [-0.1, -0.05) is 0 Å². The van der Waals surface area contributed by atoms with Crippen LogP contribution in [0.25, 0.3) is 0 Å². The molecule has 0 saturated heterocycles. The summed E-state index contributed by atoms with van der Waals surface area (Å²) in [6.45, 7) is 0. The van der Waals surface area contributed by atoms with E-state index >= 15 is 0 Å². The second kappa shape index (κ2) is 5.66. The summed E-state index contributed by atoms with van der Waals surface area (Å²) in [6.07, 6.45) is 0. The van der Waals surface area contributed by atoms with Gasteiger partial charge in [-0.2, -0.15) is 0 Å². The fourth-order valence-corrected chi connectivity index (χ4v) is 2.36. The molecule has 8 heteroatoms. The number of ether oxygens (including phenoxy) is 1. The number of aromatic carboxylic acids is 1. The van der Waals surface area contributed by atoms with Gasteiger partial charge in [-0.15, -0.1) is 0 Å². The zero-order valence-electron chi connectivity index (χ0n) is 10.2. The van der Waals surface area contributed by atoms with Crippen molar-refractivity contribution in [2.75, 3.05) is 7.11 Å². The molecule has 7 nitrogen and oxygen atoms in total. The maximum Gasteiger partial charge on any atom is 0.371 e. The highest BCUT2D eigenvalue weighted by molar-refractivity contribution is 7.99. The maximum absolute atomic E-state index is 11.0. The molecule has 1 heterocycles. The van der Waals surface area contributed by atoms with Gasteiger partial charge in [0.2, 0.25) is 5.76 Å². The first kappa shape index (κ1) is 13.9. The number of nitro benzene ring substituents is 1. The minimum absolute atomic E-state index is 0.107. The van der Waals surface area contributed by atoms with E-state index < -0.39 is 10.9 Å². The summed E-state index contributed by atoms with van der Waals surface area (Å²) in [7, 11) is 1.45. The van der Waals surface area contributed by atoms with E-state index in [1.807, 2.05) is 0 Å². The first-order chi connectivity index (χ1) is 9.51. The SMILES string of the molecule is COc1ccc([N+](=O)[O-])c(Sc2ccc(C(=O)O)o2)c1. The molecular formula is C12H9NO6S. The second-order valence-corrected chi connectivity index (χ2v) is 4.66. The number of furan rings is 1. The topological polar surface area (TPSA) is 103 Å². The lowest BCUT2D eigenvalue weighted by molar-refractivity contribution is -0.387. The zero-order chi connectivity index (χ0) is 14.7. The Morgan fingerprint density at radius 1 is 1.40 bits per heavy atom. The van der Waals surface area contributed by atoms with Crippen molar-refractivity contribution < 1.29 is 24.0 Å². The third kappa shape index (κ3) is 2.91. The van der Waals surface area contributed by atoms with E-state index in [1.54, 1.807) is 0 Å². The van der Waals surface area contributed by atoms with E-state index in [1.165, 1.54) is 37.4 Å². The van der Waals surface area contributed by atoms with Gasteiger partial charge in [-0.25, -0.2) is 4.79 Å².